The van der Waals surface area contributed by atoms with Crippen LogP contribution in [0.2, 0.25) is 0 Å². The van der Waals surface area contributed by atoms with Crippen LogP contribution in [0.15, 0.2) is 78.6 Å². The average Bonchev–Trinajstić information content (AvgIpc) is 3.54. The number of imidazole rings is 1. The van der Waals surface area contributed by atoms with Crippen LogP contribution >= 0.6 is 22.7 Å². The fourth-order valence-electron chi connectivity index (χ4n) is 3.26. The minimum Gasteiger partial charge on any atom is -0.347 e. The molecule has 0 fully saturated rings. The van der Waals surface area contributed by atoms with Crippen molar-refractivity contribution in [3.63, 3.8) is 0 Å². The average molecular weight is 431 g/mol. The number of thiophene rings is 1. The Hall–Kier alpha value is -3.29. The molecule has 30 heavy (non-hydrogen) atoms. The zero-order chi connectivity index (χ0) is 20.3. The maximum absolute atomic E-state index is 12.5. The predicted octanol–water partition coefficient (Wildman–Crippen LogP) is 5.20. The van der Waals surface area contributed by atoms with E-state index >= 15 is 0 Å². The number of thiazole rings is 1. The summed E-state index contributed by atoms with van der Waals surface area (Å²) in [6.07, 6.45) is 3.52. The van der Waals surface area contributed by atoms with Gasteiger partial charge in [0.25, 0.3) is 5.91 Å². The third kappa shape index (κ3) is 3.90. The first kappa shape index (κ1) is 18.7. The number of hydrogen-bond acceptors (Lipinski definition) is 5. The number of aromatic nitrogens is 3. The lowest BCUT2D eigenvalue weighted by Gasteiger charge is -2.07. The van der Waals surface area contributed by atoms with E-state index in [1.54, 1.807) is 17.5 Å². The molecule has 0 atom stereocenters. The van der Waals surface area contributed by atoms with Crippen molar-refractivity contribution in [2.75, 3.05) is 0 Å². The smallest absolute Gasteiger partial charge is 0.263 e. The van der Waals surface area contributed by atoms with Gasteiger partial charge in [0.15, 0.2) is 0 Å². The fraction of sp³-hybridized carbons (Fsp3) is 0.0870. The Morgan fingerprint density at radius 1 is 0.967 bits per heavy atom. The number of hydrogen-bond donors (Lipinski definition) is 1. The molecule has 3 aromatic heterocycles. The van der Waals surface area contributed by atoms with E-state index in [0.29, 0.717) is 11.4 Å². The standard InChI is InChI=1S/C23H18N4OS2/c28-22(21-13-25-23(30-21)20-6-3-11-29-20)24-12-16-7-9-17(10-8-16)14-27-15-26-18-4-1-2-5-19(18)27/h1-11,13,15H,12,14H2,(H,24,28). The highest BCUT2D eigenvalue weighted by Crippen LogP contribution is 2.28. The van der Waals surface area contributed by atoms with Gasteiger partial charge >= 0.3 is 0 Å². The summed E-state index contributed by atoms with van der Waals surface area (Å²) < 4.78 is 2.14. The molecule has 0 radical (unpaired) electrons. The summed E-state index contributed by atoms with van der Waals surface area (Å²) in [5.41, 5.74) is 4.38. The zero-order valence-corrected chi connectivity index (χ0v) is 17.6. The Morgan fingerprint density at radius 3 is 2.63 bits per heavy atom. The van der Waals surface area contributed by atoms with Gasteiger partial charge in [0, 0.05) is 13.1 Å². The number of carbonyl (C=O) groups is 1. The van der Waals surface area contributed by atoms with Crippen LogP contribution in [0.25, 0.3) is 20.9 Å². The van der Waals surface area contributed by atoms with E-state index in [-0.39, 0.29) is 5.91 Å². The largest absolute Gasteiger partial charge is 0.347 e. The van der Waals surface area contributed by atoms with Gasteiger partial charge in [-0.15, -0.1) is 22.7 Å². The quantitative estimate of drug-likeness (QED) is 0.403. The summed E-state index contributed by atoms with van der Waals surface area (Å²) >= 11 is 3.04. The van der Waals surface area contributed by atoms with Crippen molar-refractivity contribution in [1.29, 1.82) is 0 Å². The van der Waals surface area contributed by atoms with Gasteiger partial charge in [-0.05, 0) is 34.7 Å². The lowest BCUT2D eigenvalue weighted by molar-refractivity contribution is 0.0955. The molecule has 0 saturated heterocycles. The summed E-state index contributed by atoms with van der Waals surface area (Å²) in [7, 11) is 0. The van der Waals surface area contributed by atoms with E-state index in [2.05, 4.69) is 50.2 Å². The van der Waals surface area contributed by atoms with Crippen LogP contribution in [0.5, 0.6) is 0 Å². The second kappa shape index (κ2) is 8.22. The number of fused-ring (bicyclic) bond motifs is 1. The van der Waals surface area contributed by atoms with Crippen molar-refractivity contribution in [2.24, 2.45) is 0 Å². The molecule has 1 N–H and O–H groups in total. The zero-order valence-electron chi connectivity index (χ0n) is 16.0. The number of amides is 1. The topological polar surface area (TPSA) is 59.8 Å². The minimum atomic E-state index is -0.0933. The maximum Gasteiger partial charge on any atom is 0.263 e. The number of carbonyl (C=O) groups excluding carboxylic acids is 1. The lowest BCUT2D eigenvalue weighted by atomic mass is 10.1. The van der Waals surface area contributed by atoms with E-state index in [9.17, 15) is 4.79 Å². The van der Waals surface area contributed by atoms with Gasteiger partial charge in [0.05, 0.1) is 28.4 Å². The van der Waals surface area contributed by atoms with Gasteiger partial charge in [-0.1, -0.05) is 42.5 Å². The second-order valence-corrected chi connectivity index (χ2v) is 8.85. The molecule has 0 aliphatic rings. The lowest BCUT2D eigenvalue weighted by Crippen LogP contribution is -2.21. The maximum atomic E-state index is 12.5. The molecule has 0 bridgehead atoms. The van der Waals surface area contributed by atoms with E-state index in [1.165, 1.54) is 16.9 Å². The van der Waals surface area contributed by atoms with E-state index in [1.807, 2.05) is 42.0 Å². The molecule has 5 nitrogen and oxygen atoms in total. The first-order chi connectivity index (χ1) is 14.8. The van der Waals surface area contributed by atoms with Crippen LogP contribution < -0.4 is 5.32 Å². The van der Waals surface area contributed by atoms with Gasteiger partial charge in [0.1, 0.15) is 9.88 Å². The highest BCUT2D eigenvalue weighted by Gasteiger charge is 2.12. The highest BCUT2D eigenvalue weighted by atomic mass is 32.1. The van der Waals surface area contributed by atoms with Crippen LogP contribution in [-0.4, -0.2) is 20.4 Å². The Balaban J connectivity index is 1.20. The molecule has 1 amide bonds. The van der Waals surface area contributed by atoms with Crippen LogP contribution in [0, 0.1) is 0 Å². The molecule has 5 aromatic rings. The second-order valence-electron chi connectivity index (χ2n) is 6.87. The normalized spacial score (nSPS) is 11.1. The molecule has 0 unspecified atom stereocenters. The van der Waals surface area contributed by atoms with Gasteiger partial charge < -0.3 is 9.88 Å². The summed E-state index contributed by atoms with van der Waals surface area (Å²) in [5.74, 6) is -0.0933. The van der Waals surface area contributed by atoms with Crippen molar-refractivity contribution in [1.82, 2.24) is 19.9 Å². The number of benzene rings is 2. The SMILES string of the molecule is O=C(NCc1ccc(Cn2cnc3ccccc32)cc1)c1cnc(-c2cccs2)s1. The number of nitrogens with one attached hydrogen (secondary N) is 1. The molecule has 0 spiro atoms. The molecule has 148 valence electrons. The summed E-state index contributed by atoms with van der Waals surface area (Å²) in [6, 6.07) is 20.4. The Morgan fingerprint density at radius 2 is 1.80 bits per heavy atom. The van der Waals surface area contributed by atoms with Crippen molar-refractivity contribution >= 4 is 39.6 Å². The van der Waals surface area contributed by atoms with Crippen LogP contribution in [0.1, 0.15) is 20.8 Å². The van der Waals surface area contributed by atoms with Gasteiger partial charge in [-0.3, -0.25) is 4.79 Å². The van der Waals surface area contributed by atoms with E-state index in [0.717, 1.165) is 33.0 Å². The highest BCUT2D eigenvalue weighted by molar-refractivity contribution is 7.21. The van der Waals surface area contributed by atoms with Crippen molar-refractivity contribution in [3.8, 4) is 9.88 Å². The predicted molar refractivity (Wildman–Crippen MR) is 122 cm³/mol. The number of para-hydroxylation sites is 2. The Bertz CT molecular complexity index is 1290. The van der Waals surface area contributed by atoms with Crippen LogP contribution in [-0.2, 0) is 13.1 Å². The third-order valence-electron chi connectivity index (χ3n) is 4.82. The van der Waals surface area contributed by atoms with E-state index < -0.39 is 0 Å². The van der Waals surface area contributed by atoms with Crippen LogP contribution in [0.4, 0.5) is 0 Å². The number of nitrogens with zero attached hydrogens (tertiary/aromatic N) is 3. The molecular weight excluding hydrogens is 412 g/mol. The first-order valence-corrected chi connectivity index (χ1v) is 11.2. The summed E-state index contributed by atoms with van der Waals surface area (Å²) in [6.45, 7) is 1.25. The molecule has 3 heterocycles. The summed E-state index contributed by atoms with van der Waals surface area (Å²) in [5, 5.41) is 5.87. The van der Waals surface area contributed by atoms with E-state index in [4.69, 9.17) is 0 Å². The third-order valence-corrected chi connectivity index (χ3v) is 6.85. The van der Waals surface area contributed by atoms with Gasteiger partial charge in [-0.2, -0.15) is 0 Å². The van der Waals surface area contributed by atoms with Gasteiger partial charge in [0.2, 0.25) is 0 Å². The van der Waals surface area contributed by atoms with Crippen LogP contribution in [0.3, 0.4) is 0 Å². The van der Waals surface area contributed by atoms with Crippen molar-refractivity contribution in [3.05, 3.63) is 94.6 Å². The Labute approximate surface area is 181 Å². The van der Waals surface area contributed by atoms with Crippen molar-refractivity contribution < 1.29 is 4.79 Å². The number of rotatable bonds is 6. The summed E-state index contributed by atoms with van der Waals surface area (Å²) in [4.78, 5) is 23.0. The minimum absolute atomic E-state index is 0.0933. The molecule has 5 rings (SSSR count). The van der Waals surface area contributed by atoms with Gasteiger partial charge in [-0.25, -0.2) is 9.97 Å². The molecule has 0 aliphatic heterocycles. The Kier molecular flexibility index (Phi) is 5.13. The molecule has 7 heteroatoms. The molecule has 2 aromatic carbocycles. The molecule has 0 aliphatic carbocycles. The monoisotopic (exact) mass is 430 g/mol. The molecule has 0 saturated carbocycles. The van der Waals surface area contributed by atoms with Crippen molar-refractivity contribution in [2.45, 2.75) is 13.1 Å². The first-order valence-electron chi connectivity index (χ1n) is 9.52. The molecular formula is C23H18N4OS2. The fourth-order valence-corrected chi connectivity index (χ4v) is 4.89.